The number of nitrogens with zero attached hydrogens (tertiary/aromatic N) is 3. The molecule has 28 heavy (non-hydrogen) atoms. The number of amides is 2. The second-order valence-electron chi connectivity index (χ2n) is 6.99. The van der Waals surface area contributed by atoms with Crippen LogP contribution >= 0.6 is 15.9 Å². The van der Waals surface area contributed by atoms with E-state index in [1.165, 1.54) is 0 Å². The molecular formula is C21H21BrN4O2. The van der Waals surface area contributed by atoms with Crippen LogP contribution in [0.1, 0.15) is 35.9 Å². The van der Waals surface area contributed by atoms with Crippen molar-refractivity contribution in [2.75, 3.05) is 11.9 Å². The molecule has 1 aliphatic heterocycles. The Morgan fingerprint density at radius 1 is 1.21 bits per heavy atom. The number of benzene rings is 2. The Morgan fingerprint density at radius 2 is 2.00 bits per heavy atom. The minimum absolute atomic E-state index is 0.139. The summed E-state index contributed by atoms with van der Waals surface area (Å²) in [6.07, 6.45) is 1.71. The van der Waals surface area contributed by atoms with E-state index in [9.17, 15) is 4.79 Å². The Balaban J connectivity index is 1.53. The lowest BCUT2D eigenvalue weighted by molar-refractivity contribution is 0.193. The summed E-state index contributed by atoms with van der Waals surface area (Å²) in [7, 11) is 0. The fourth-order valence-corrected chi connectivity index (χ4v) is 3.69. The van der Waals surface area contributed by atoms with Crippen LogP contribution in [0.5, 0.6) is 0 Å². The zero-order chi connectivity index (χ0) is 19.7. The molecule has 7 heteroatoms. The Labute approximate surface area is 172 Å². The Morgan fingerprint density at radius 3 is 2.79 bits per heavy atom. The van der Waals surface area contributed by atoms with Gasteiger partial charge < -0.3 is 14.7 Å². The molecule has 1 aliphatic rings. The van der Waals surface area contributed by atoms with E-state index in [0.717, 1.165) is 39.7 Å². The first-order valence-electron chi connectivity index (χ1n) is 9.26. The molecule has 3 aromatic rings. The number of anilines is 1. The summed E-state index contributed by atoms with van der Waals surface area (Å²) in [5, 5.41) is 7.13. The molecule has 1 saturated heterocycles. The number of aryl methyl sites for hydroxylation is 1. The number of halogens is 1. The van der Waals surface area contributed by atoms with Crippen molar-refractivity contribution in [3.63, 3.8) is 0 Å². The average Bonchev–Trinajstić information content (AvgIpc) is 3.35. The molecule has 144 valence electrons. The van der Waals surface area contributed by atoms with Crippen LogP contribution in [0.15, 0.2) is 51.5 Å². The Hall–Kier alpha value is -2.67. The van der Waals surface area contributed by atoms with Crippen LogP contribution in [-0.2, 0) is 0 Å². The van der Waals surface area contributed by atoms with E-state index < -0.39 is 0 Å². The van der Waals surface area contributed by atoms with Crippen LogP contribution in [-0.4, -0.2) is 27.6 Å². The lowest BCUT2D eigenvalue weighted by atomic mass is 10.1. The monoisotopic (exact) mass is 440 g/mol. The molecule has 0 bridgehead atoms. The van der Waals surface area contributed by atoms with E-state index in [1.807, 2.05) is 56.3 Å². The average molecular weight is 441 g/mol. The third kappa shape index (κ3) is 3.67. The Kier molecular flexibility index (Phi) is 5.17. The molecule has 0 radical (unpaired) electrons. The molecular weight excluding hydrogens is 420 g/mol. The standard InChI is InChI=1S/C21H21BrN4O2/c1-13-5-3-6-17(14(13)2)23-21(27)26-12-4-7-18(26)20-24-19(25-28-20)15-8-10-16(22)11-9-15/h3,5-6,8-11,18H,4,7,12H2,1-2H3,(H,23,27). The minimum Gasteiger partial charge on any atom is -0.337 e. The zero-order valence-corrected chi connectivity index (χ0v) is 17.4. The number of hydrogen-bond donors (Lipinski definition) is 1. The largest absolute Gasteiger partial charge is 0.337 e. The number of hydrogen-bond acceptors (Lipinski definition) is 4. The quantitative estimate of drug-likeness (QED) is 0.584. The molecule has 2 heterocycles. The van der Waals surface area contributed by atoms with E-state index >= 15 is 0 Å². The number of carbonyl (C=O) groups is 1. The first-order chi connectivity index (χ1) is 13.5. The van der Waals surface area contributed by atoms with E-state index in [1.54, 1.807) is 4.90 Å². The Bertz CT molecular complexity index is 1000. The highest BCUT2D eigenvalue weighted by Crippen LogP contribution is 2.33. The lowest BCUT2D eigenvalue weighted by Gasteiger charge is -2.23. The molecule has 2 amide bonds. The molecule has 4 rings (SSSR count). The fourth-order valence-electron chi connectivity index (χ4n) is 3.43. The number of aromatic nitrogens is 2. The highest BCUT2D eigenvalue weighted by molar-refractivity contribution is 9.10. The maximum atomic E-state index is 12.9. The predicted octanol–water partition coefficient (Wildman–Crippen LogP) is 5.48. The highest BCUT2D eigenvalue weighted by atomic mass is 79.9. The fraction of sp³-hybridized carbons (Fsp3) is 0.286. The predicted molar refractivity (Wildman–Crippen MR) is 111 cm³/mol. The van der Waals surface area contributed by atoms with Gasteiger partial charge in [0.2, 0.25) is 11.7 Å². The van der Waals surface area contributed by atoms with Crippen LogP contribution < -0.4 is 5.32 Å². The van der Waals surface area contributed by atoms with Gasteiger partial charge in [-0.3, -0.25) is 0 Å². The first kappa shape index (κ1) is 18.7. The van der Waals surface area contributed by atoms with E-state index in [-0.39, 0.29) is 12.1 Å². The maximum absolute atomic E-state index is 12.9. The number of likely N-dealkylation sites (tertiary alicyclic amines) is 1. The minimum atomic E-state index is -0.207. The number of urea groups is 1. The molecule has 0 spiro atoms. The number of rotatable bonds is 3. The molecule has 1 aromatic heterocycles. The van der Waals surface area contributed by atoms with Gasteiger partial charge >= 0.3 is 6.03 Å². The molecule has 6 nitrogen and oxygen atoms in total. The van der Waals surface area contributed by atoms with E-state index in [2.05, 4.69) is 31.4 Å². The van der Waals surface area contributed by atoms with Crippen LogP contribution in [0.25, 0.3) is 11.4 Å². The van der Waals surface area contributed by atoms with Gasteiger partial charge in [0.25, 0.3) is 0 Å². The smallest absolute Gasteiger partial charge is 0.322 e. The summed E-state index contributed by atoms with van der Waals surface area (Å²) in [5.41, 5.74) is 3.92. The lowest BCUT2D eigenvalue weighted by Crippen LogP contribution is -2.34. The third-order valence-electron chi connectivity index (χ3n) is 5.19. The molecule has 1 unspecified atom stereocenters. The molecule has 1 N–H and O–H groups in total. The van der Waals surface area contributed by atoms with Crippen LogP contribution in [0.2, 0.25) is 0 Å². The van der Waals surface area contributed by atoms with Gasteiger partial charge in [-0.25, -0.2) is 4.79 Å². The zero-order valence-electron chi connectivity index (χ0n) is 15.8. The SMILES string of the molecule is Cc1cccc(NC(=O)N2CCCC2c2nc(-c3ccc(Br)cc3)no2)c1C. The first-order valence-corrected chi connectivity index (χ1v) is 10.1. The van der Waals surface area contributed by atoms with Gasteiger partial charge in [0, 0.05) is 22.3 Å². The normalized spacial score (nSPS) is 16.4. The molecule has 2 aromatic carbocycles. The van der Waals surface area contributed by atoms with E-state index in [0.29, 0.717) is 18.3 Å². The second kappa shape index (κ2) is 7.75. The van der Waals surface area contributed by atoms with Gasteiger partial charge in [-0.2, -0.15) is 4.98 Å². The number of carbonyl (C=O) groups excluding carboxylic acids is 1. The van der Waals surface area contributed by atoms with E-state index in [4.69, 9.17) is 4.52 Å². The van der Waals surface area contributed by atoms with Gasteiger partial charge in [-0.15, -0.1) is 0 Å². The van der Waals surface area contributed by atoms with Crippen molar-refractivity contribution in [2.24, 2.45) is 0 Å². The van der Waals surface area contributed by atoms with Crippen molar-refractivity contribution in [2.45, 2.75) is 32.7 Å². The van der Waals surface area contributed by atoms with Crippen LogP contribution in [0.4, 0.5) is 10.5 Å². The van der Waals surface area contributed by atoms with Gasteiger partial charge in [0.05, 0.1) is 0 Å². The van der Waals surface area contributed by atoms with Crippen molar-refractivity contribution in [1.82, 2.24) is 15.0 Å². The van der Waals surface area contributed by atoms with Gasteiger partial charge in [0.15, 0.2) is 0 Å². The molecule has 0 saturated carbocycles. The summed E-state index contributed by atoms with van der Waals surface area (Å²) in [5.74, 6) is 1.01. The third-order valence-corrected chi connectivity index (χ3v) is 5.72. The molecule has 0 aliphatic carbocycles. The van der Waals surface area contributed by atoms with Crippen molar-refractivity contribution >= 4 is 27.6 Å². The molecule has 1 fully saturated rings. The van der Waals surface area contributed by atoms with Crippen molar-refractivity contribution < 1.29 is 9.32 Å². The van der Waals surface area contributed by atoms with Crippen LogP contribution in [0.3, 0.4) is 0 Å². The topological polar surface area (TPSA) is 71.3 Å². The van der Waals surface area contributed by atoms with Gasteiger partial charge in [0.1, 0.15) is 6.04 Å². The second-order valence-corrected chi connectivity index (χ2v) is 7.91. The van der Waals surface area contributed by atoms with Gasteiger partial charge in [-0.05, 0) is 68.1 Å². The van der Waals surface area contributed by atoms with Crippen molar-refractivity contribution in [1.29, 1.82) is 0 Å². The summed E-state index contributed by atoms with van der Waals surface area (Å²) in [6, 6.07) is 13.3. The van der Waals surface area contributed by atoms with Gasteiger partial charge in [-0.1, -0.05) is 33.2 Å². The highest BCUT2D eigenvalue weighted by Gasteiger charge is 2.34. The summed E-state index contributed by atoms with van der Waals surface area (Å²) >= 11 is 3.42. The number of nitrogens with one attached hydrogen (secondary N) is 1. The molecule has 1 atom stereocenters. The van der Waals surface area contributed by atoms with Crippen molar-refractivity contribution in [3.05, 3.63) is 64.0 Å². The summed E-state index contributed by atoms with van der Waals surface area (Å²) in [6.45, 7) is 4.71. The van der Waals surface area contributed by atoms with Crippen molar-refractivity contribution in [3.8, 4) is 11.4 Å². The summed E-state index contributed by atoms with van der Waals surface area (Å²) < 4.78 is 6.50. The van der Waals surface area contributed by atoms with Crippen LogP contribution in [0, 0.1) is 13.8 Å². The summed E-state index contributed by atoms with van der Waals surface area (Å²) in [4.78, 5) is 19.2. The maximum Gasteiger partial charge on any atom is 0.322 e.